The topological polar surface area (TPSA) is 59.6 Å². The molecule has 24 heavy (non-hydrogen) atoms. The zero-order valence-electron chi connectivity index (χ0n) is 14.6. The summed E-state index contributed by atoms with van der Waals surface area (Å²) in [4.78, 5) is 13.1. The molecule has 1 heterocycles. The van der Waals surface area contributed by atoms with E-state index in [1.807, 2.05) is 0 Å². The van der Waals surface area contributed by atoms with Gasteiger partial charge < -0.3 is 20.1 Å². The number of carbonyl (C=O) groups is 1. The van der Waals surface area contributed by atoms with Gasteiger partial charge in [0.25, 0.3) is 0 Å². The Morgan fingerprint density at radius 2 is 1.88 bits per heavy atom. The van der Waals surface area contributed by atoms with Crippen LogP contribution in [0.3, 0.4) is 0 Å². The zero-order chi connectivity index (χ0) is 17.0. The summed E-state index contributed by atoms with van der Waals surface area (Å²) in [6, 6.07) is 8.18. The third-order valence-corrected chi connectivity index (χ3v) is 5.22. The quantitative estimate of drug-likeness (QED) is 0.870. The SMILES string of the molecule is CO[C@H]1COC[C@@H]1NC(=O)C1(Nc2ccc(C)cc2)CCCCC1. The summed E-state index contributed by atoms with van der Waals surface area (Å²) in [5, 5.41) is 6.71. The van der Waals surface area contributed by atoms with E-state index >= 15 is 0 Å². The van der Waals surface area contributed by atoms with Crippen LogP contribution in [0.25, 0.3) is 0 Å². The minimum Gasteiger partial charge on any atom is -0.377 e. The van der Waals surface area contributed by atoms with E-state index < -0.39 is 5.54 Å². The van der Waals surface area contributed by atoms with Crippen LogP contribution in [0, 0.1) is 6.92 Å². The van der Waals surface area contributed by atoms with Crippen molar-refractivity contribution in [2.75, 3.05) is 25.6 Å². The first-order valence-electron chi connectivity index (χ1n) is 8.89. The van der Waals surface area contributed by atoms with Crippen LogP contribution in [0.2, 0.25) is 0 Å². The summed E-state index contributed by atoms with van der Waals surface area (Å²) in [5.74, 6) is 0.0697. The van der Waals surface area contributed by atoms with Crippen LogP contribution in [-0.2, 0) is 14.3 Å². The van der Waals surface area contributed by atoms with E-state index in [1.165, 1.54) is 12.0 Å². The van der Waals surface area contributed by atoms with E-state index in [2.05, 4.69) is 41.8 Å². The molecule has 0 bridgehead atoms. The third kappa shape index (κ3) is 3.73. The van der Waals surface area contributed by atoms with Gasteiger partial charge in [-0.15, -0.1) is 0 Å². The van der Waals surface area contributed by atoms with Crippen molar-refractivity contribution in [3.05, 3.63) is 29.8 Å². The molecule has 1 aromatic carbocycles. The fourth-order valence-electron chi connectivity index (χ4n) is 3.69. The molecule has 1 amide bonds. The van der Waals surface area contributed by atoms with Crippen LogP contribution >= 0.6 is 0 Å². The highest BCUT2D eigenvalue weighted by Gasteiger charge is 2.42. The van der Waals surface area contributed by atoms with Crippen LogP contribution in [0.4, 0.5) is 5.69 Å². The molecule has 2 atom stereocenters. The Balaban J connectivity index is 1.74. The maximum absolute atomic E-state index is 13.1. The maximum Gasteiger partial charge on any atom is 0.246 e. The number of carbonyl (C=O) groups excluding carboxylic acids is 1. The molecule has 2 N–H and O–H groups in total. The second-order valence-corrected chi connectivity index (χ2v) is 7.03. The van der Waals surface area contributed by atoms with Gasteiger partial charge >= 0.3 is 0 Å². The van der Waals surface area contributed by atoms with Gasteiger partial charge in [-0.1, -0.05) is 37.0 Å². The molecule has 132 valence electrons. The number of nitrogens with one attached hydrogen (secondary N) is 2. The first-order chi connectivity index (χ1) is 11.6. The number of anilines is 1. The number of hydrogen-bond acceptors (Lipinski definition) is 4. The zero-order valence-corrected chi connectivity index (χ0v) is 14.6. The van der Waals surface area contributed by atoms with E-state index in [9.17, 15) is 4.79 Å². The number of benzene rings is 1. The number of ether oxygens (including phenoxy) is 2. The minimum absolute atomic E-state index is 0.0611. The minimum atomic E-state index is -0.533. The Morgan fingerprint density at radius 1 is 1.17 bits per heavy atom. The Bertz CT molecular complexity index is 552. The van der Waals surface area contributed by atoms with Gasteiger partial charge in [0.2, 0.25) is 5.91 Å². The highest BCUT2D eigenvalue weighted by atomic mass is 16.5. The second kappa shape index (κ2) is 7.53. The molecule has 1 aromatic rings. The summed E-state index contributed by atoms with van der Waals surface area (Å²) in [6.07, 6.45) is 4.99. The van der Waals surface area contributed by atoms with E-state index in [4.69, 9.17) is 9.47 Å². The Kier molecular flexibility index (Phi) is 5.41. The van der Waals surface area contributed by atoms with Crippen LogP contribution in [-0.4, -0.2) is 43.9 Å². The van der Waals surface area contributed by atoms with E-state index in [0.29, 0.717) is 13.2 Å². The molecule has 1 saturated heterocycles. The highest BCUT2D eigenvalue weighted by Crippen LogP contribution is 2.32. The van der Waals surface area contributed by atoms with Gasteiger partial charge in [-0.2, -0.15) is 0 Å². The van der Waals surface area contributed by atoms with Crippen molar-refractivity contribution in [3.8, 4) is 0 Å². The summed E-state index contributed by atoms with van der Waals surface area (Å²) < 4.78 is 10.9. The summed E-state index contributed by atoms with van der Waals surface area (Å²) in [6.45, 7) is 3.13. The van der Waals surface area contributed by atoms with Gasteiger partial charge in [-0.3, -0.25) is 4.79 Å². The number of amides is 1. The lowest BCUT2D eigenvalue weighted by Gasteiger charge is -2.38. The predicted octanol–water partition coefficient (Wildman–Crippen LogP) is 2.64. The fourth-order valence-corrected chi connectivity index (χ4v) is 3.69. The van der Waals surface area contributed by atoms with Gasteiger partial charge in [-0.05, 0) is 31.9 Å². The molecule has 1 aliphatic heterocycles. The molecule has 5 heteroatoms. The predicted molar refractivity (Wildman–Crippen MR) is 94.2 cm³/mol. The van der Waals surface area contributed by atoms with Crippen molar-refractivity contribution < 1.29 is 14.3 Å². The van der Waals surface area contributed by atoms with Crippen LogP contribution < -0.4 is 10.6 Å². The molecular weight excluding hydrogens is 304 g/mol. The summed E-state index contributed by atoms with van der Waals surface area (Å²) >= 11 is 0. The average Bonchev–Trinajstić information content (AvgIpc) is 3.05. The van der Waals surface area contributed by atoms with Gasteiger partial charge in [-0.25, -0.2) is 0 Å². The van der Waals surface area contributed by atoms with Gasteiger partial charge in [0.15, 0.2) is 0 Å². The number of methoxy groups -OCH3 is 1. The van der Waals surface area contributed by atoms with Crippen molar-refractivity contribution in [3.63, 3.8) is 0 Å². The first kappa shape index (κ1) is 17.2. The average molecular weight is 332 g/mol. The Labute approximate surface area is 144 Å². The molecule has 0 aromatic heterocycles. The van der Waals surface area contributed by atoms with E-state index in [-0.39, 0.29) is 18.1 Å². The van der Waals surface area contributed by atoms with Crippen molar-refractivity contribution in [2.45, 2.75) is 56.7 Å². The van der Waals surface area contributed by atoms with Crippen LogP contribution in [0.5, 0.6) is 0 Å². The second-order valence-electron chi connectivity index (χ2n) is 7.03. The monoisotopic (exact) mass is 332 g/mol. The first-order valence-corrected chi connectivity index (χ1v) is 8.89. The molecule has 1 aliphatic carbocycles. The molecule has 5 nitrogen and oxygen atoms in total. The van der Waals surface area contributed by atoms with Crippen molar-refractivity contribution in [2.24, 2.45) is 0 Å². The molecular formula is C19H28N2O3. The van der Waals surface area contributed by atoms with Crippen LogP contribution in [0.15, 0.2) is 24.3 Å². The van der Waals surface area contributed by atoms with Crippen LogP contribution in [0.1, 0.15) is 37.7 Å². The van der Waals surface area contributed by atoms with Crippen molar-refractivity contribution in [1.82, 2.24) is 5.32 Å². The van der Waals surface area contributed by atoms with Gasteiger partial charge in [0.05, 0.1) is 19.3 Å². The Morgan fingerprint density at radius 3 is 2.54 bits per heavy atom. The number of aryl methyl sites for hydroxylation is 1. The van der Waals surface area contributed by atoms with E-state index in [0.717, 1.165) is 31.4 Å². The smallest absolute Gasteiger partial charge is 0.246 e. The van der Waals surface area contributed by atoms with Gasteiger partial charge in [0.1, 0.15) is 11.6 Å². The van der Waals surface area contributed by atoms with Crippen molar-refractivity contribution >= 4 is 11.6 Å². The highest BCUT2D eigenvalue weighted by molar-refractivity contribution is 5.90. The normalized spacial score (nSPS) is 26.1. The fraction of sp³-hybridized carbons (Fsp3) is 0.632. The summed E-state index contributed by atoms with van der Waals surface area (Å²) in [7, 11) is 1.67. The molecule has 0 spiro atoms. The number of hydrogen-bond donors (Lipinski definition) is 2. The standard InChI is InChI=1S/C19H28N2O3/c1-14-6-8-15(9-7-14)21-19(10-4-3-5-11-19)18(22)20-16-12-24-13-17(16)23-2/h6-9,16-17,21H,3-5,10-13H2,1-2H3,(H,20,22)/t16-,17-/m0/s1. The Hall–Kier alpha value is -1.59. The number of rotatable bonds is 5. The van der Waals surface area contributed by atoms with E-state index in [1.54, 1.807) is 7.11 Å². The largest absolute Gasteiger partial charge is 0.377 e. The lowest BCUT2D eigenvalue weighted by atomic mass is 9.80. The van der Waals surface area contributed by atoms with Gasteiger partial charge in [0, 0.05) is 12.8 Å². The third-order valence-electron chi connectivity index (χ3n) is 5.22. The molecule has 0 unspecified atom stereocenters. The maximum atomic E-state index is 13.1. The summed E-state index contributed by atoms with van der Waals surface area (Å²) in [5.41, 5.74) is 1.69. The lowest BCUT2D eigenvalue weighted by Crippen LogP contribution is -2.57. The molecule has 0 radical (unpaired) electrons. The molecule has 2 aliphatic rings. The molecule has 2 fully saturated rings. The molecule has 1 saturated carbocycles. The van der Waals surface area contributed by atoms with Crippen molar-refractivity contribution in [1.29, 1.82) is 0 Å². The lowest BCUT2D eigenvalue weighted by molar-refractivity contribution is -0.128. The molecule has 3 rings (SSSR count).